The lowest BCUT2D eigenvalue weighted by Gasteiger charge is -2.06. The van der Waals surface area contributed by atoms with Crippen LogP contribution in [0, 0.1) is 0 Å². The number of carbonyl (C=O) groups excluding carboxylic acids is 1. The number of ether oxygens (including phenoxy) is 2. The van der Waals surface area contributed by atoms with Crippen LogP contribution in [-0.2, 0) is 11.2 Å². The fourth-order valence-corrected chi connectivity index (χ4v) is 2.17. The molecule has 0 aliphatic carbocycles. The van der Waals surface area contributed by atoms with Crippen molar-refractivity contribution < 1.29 is 14.3 Å². The molecule has 0 fully saturated rings. The van der Waals surface area contributed by atoms with Gasteiger partial charge in [-0.15, -0.1) is 0 Å². The summed E-state index contributed by atoms with van der Waals surface area (Å²) in [4.78, 5) is 11.8. The van der Waals surface area contributed by atoms with Crippen LogP contribution >= 0.6 is 0 Å². The predicted octanol–water partition coefficient (Wildman–Crippen LogP) is 3.96. The number of rotatable bonds is 10. The molecule has 5 nitrogen and oxygen atoms in total. The summed E-state index contributed by atoms with van der Waals surface area (Å²) in [6, 6.07) is 15.3. The Kier molecular flexibility index (Phi) is 8.19. The third kappa shape index (κ3) is 6.97. The first-order chi connectivity index (χ1) is 12.7. The van der Waals surface area contributed by atoms with Crippen molar-refractivity contribution in [1.82, 2.24) is 5.43 Å². The number of hydrogen-bond donors (Lipinski definition) is 1. The van der Waals surface area contributed by atoms with E-state index in [1.165, 1.54) is 5.56 Å². The third-order valence-electron chi connectivity index (χ3n) is 3.75. The van der Waals surface area contributed by atoms with Gasteiger partial charge in [0.15, 0.2) is 6.61 Å². The Bertz CT molecular complexity index is 694. The summed E-state index contributed by atoms with van der Waals surface area (Å²) in [5.41, 5.74) is 4.56. The molecule has 5 heteroatoms. The van der Waals surface area contributed by atoms with Gasteiger partial charge in [-0.2, -0.15) is 5.10 Å². The molecular formula is C21H26N2O3. The van der Waals surface area contributed by atoms with E-state index < -0.39 is 0 Å². The Morgan fingerprint density at radius 3 is 2.31 bits per heavy atom. The average Bonchev–Trinajstić information content (AvgIpc) is 2.68. The molecule has 0 aromatic heterocycles. The van der Waals surface area contributed by atoms with Gasteiger partial charge in [0.1, 0.15) is 11.5 Å². The van der Waals surface area contributed by atoms with Crippen molar-refractivity contribution in [3.8, 4) is 11.5 Å². The monoisotopic (exact) mass is 354 g/mol. The average molecular weight is 354 g/mol. The van der Waals surface area contributed by atoms with Gasteiger partial charge in [0.05, 0.1) is 12.8 Å². The number of nitrogens with one attached hydrogen (secondary N) is 1. The van der Waals surface area contributed by atoms with Gasteiger partial charge in [0.2, 0.25) is 0 Å². The van der Waals surface area contributed by atoms with E-state index in [0.717, 1.165) is 37.2 Å². The molecule has 0 saturated carbocycles. The van der Waals surface area contributed by atoms with E-state index in [0.29, 0.717) is 5.75 Å². The molecule has 138 valence electrons. The second-order valence-corrected chi connectivity index (χ2v) is 5.85. The summed E-state index contributed by atoms with van der Waals surface area (Å²) < 4.78 is 11.0. The van der Waals surface area contributed by atoms with Crippen LogP contribution in [0.3, 0.4) is 0 Å². The van der Waals surface area contributed by atoms with E-state index in [-0.39, 0.29) is 12.5 Å². The van der Waals surface area contributed by atoms with Gasteiger partial charge in [-0.25, -0.2) is 5.43 Å². The molecule has 1 amide bonds. The van der Waals surface area contributed by atoms with Gasteiger partial charge in [0.25, 0.3) is 5.91 Å². The molecule has 2 rings (SSSR count). The quantitative estimate of drug-likeness (QED) is 0.399. The van der Waals surface area contributed by atoms with Crippen molar-refractivity contribution in [1.29, 1.82) is 0 Å². The number of carbonyl (C=O) groups is 1. The molecule has 2 aromatic rings. The van der Waals surface area contributed by atoms with Gasteiger partial charge in [0, 0.05) is 0 Å². The van der Waals surface area contributed by atoms with Crippen molar-refractivity contribution in [2.24, 2.45) is 5.10 Å². The Balaban J connectivity index is 1.72. The summed E-state index contributed by atoms with van der Waals surface area (Å²) in [6.45, 7) is 4.87. The number of amides is 1. The molecule has 0 bridgehead atoms. The number of hydrazone groups is 1. The zero-order valence-corrected chi connectivity index (χ0v) is 15.4. The van der Waals surface area contributed by atoms with Gasteiger partial charge in [-0.1, -0.05) is 32.4 Å². The smallest absolute Gasteiger partial charge is 0.277 e. The highest BCUT2D eigenvalue weighted by atomic mass is 16.5. The largest absolute Gasteiger partial charge is 0.494 e. The van der Waals surface area contributed by atoms with E-state index in [4.69, 9.17) is 9.47 Å². The Hall–Kier alpha value is -2.82. The molecule has 2 aromatic carbocycles. The van der Waals surface area contributed by atoms with Crippen LogP contribution in [0.25, 0.3) is 0 Å². The number of unbranched alkanes of at least 4 members (excludes halogenated alkanes) is 1. The fourth-order valence-electron chi connectivity index (χ4n) is 2.17. The summed E-state index contributed by atoms with van der Waals surface area (Å²) >= 11 is 0. The van der Waals surface area contributed by atoms with Crippen LogP contribution in [0.4, 0.5) is 0 Å². The molecule has 26 heavy (non-hydrogen) atoms. The molecule has 0 atom stereocenters. The summed E-state index contributed by atoms with van der Waals surface area (Å²) in [7, 11) is 0. The minimum absolute atomic E-state index is 0.0764. The van der Waals surface area contributed by atoms with Crippen molar-refractivity contribution in [3.05, 3.63) is 59.7 Å². The van der Waals surface area contributed by atoms with E-state index in [2.05, 4.69) is 24.4 Å². The lowest BCUT2D eigenvalue weighted by molar-refractivity contribution is -0.123. The van der Waals surface area contributed by atoms with Crippen molar-refractivity contribution >= 4 is 12.1 Å². The molecular weight excluding hydrogens is 328 g/mol. The third-order valence-corrected chi connectivity index (χ3v) is 3.75. The second kappa shape index (κ2) is 10.9. The van der Waals surface area contributed by atoms with Crippen LogP contribution in [0.1, 0.15) is 37.8 Å². The van der Waals surface area contributed by atoms with Crippen LogP contribution in [0.15, 0.2) is 53.6 Å². The van der Waals surface area contributed by atoms with Gasteiger partial charge in [-0.3, -0.25) is 4.79 Å². The topological polar surface area (TPSA) is 59.9 Å². The summed E-state index contributed by atoms with van der Waals surface area (Å²) in [6.07, 6.45) is 4.71. The van der Waals surface area contributed by atoms with Crippen molar-refractivity contribution in [2.75, 3.05) is 13.2 Å². The molecule has 0 radical (unpaired) electrons. The molecule has 0 aliphatic heterocycles. The highest BCUT2D eigenvalue weighted by molar-refractivity contribution is 5.83. The molecule has 0 aliphatic rings. The maximum absolute atomic E-state index is 11.8. The summed E-state index contributed by atoms with van der Waals surface area (Å²) in [5, 5.41) is 3.94. The van der Waals surface area contributed by atoms with E-state index >= 15 is 0 Å². The van der Waals surface area contributed by atoms with Crippen LogP contribution < -0.4 is 14.9 Å². The van der Waals surface area contributed by atoms with E-state index in [9.17, 15) is 4.79 Å². The first-order valence-corrected chi connectivity index (χ1v) is 8.97. The highest BCUT2D eigenvalue weighted by Crippen LogP contribution is 2.13. The minimum atomic E-state index is -0.305. The maximum Gasteiger partial charge on any atom is 0.277 e. The number of aryl methyl sites for hydroxylation is 1. The lowest BCUT2D eigenvalue weighted by Crippen LogP contribution is -2.24. The molecule has 0 heterocycles. The zero-order chi connectivity index (χ0) is 18.6. The maximum atomic E-state index is 11.8. The number of benzene rings is 2. The lowest BCUT2D eigenvalue weighted by atomic mass is 10.2. The zero-order valence-electron chi connectivity index (χ0n) is 15.4. The van der Waals surface area contributed by atoms with Gasteiger partial charge in [-0.05, 0) is 60.4 Å². The van der Waals surface area contributed by atoms with Crippen LogP contribution in [0.2, 0.25) is 0 Å². The minimum Gasteiger partial charge on any atom is -0.494 e. The molecule has 1 N–H and O–H groups in total. The normalized spacial score (nSPS) is 10.7. The van der Waals surface area contributed by atoms with E-state index in [1.54, 1.807) is 6.21 Å². The molecule has 0 saturated heterocycles. The standard InChI is InChI=1S/C21H26N2O3/c1-3-5-14-25-19-12-8-18(9-13-19)15-22-23-21(24)16-26-20-10-6-17(4-2)7-11-20/h6-13,15H,3-5,14,16H2,1-2H3,(H,23,24)/b22-15+. The highest BCUT2D eigenvalue weighted by Gasteiger charge is 2.01. The van der Waals surface area contributed by atoms with Crippen LogP contribution in [-0.4, -0.2) is 25.3 Å². The molecule has 0 spiro atoms. The molecule has 0 unspecified atom stereocenters. The Morgan fingerprint density at radius 2 is 1.65 bits per heavy atom. The number of hydrogen-bond acceptors (Lipinski definition) is 4. The van der Waals surface area contributed by atoms with Gasteiger partial charge >= 0.3 is 0 Å². The Morgan fingerprint density at radius 1 is 1.00 bits per heavy atom. The fraction of sp³-hybridized carbons (Fsp3) is 0.333. The number of nitrogens with zero attached hydrogens (tertiary/aromatic N) is 1. The SMILES string of the molecule is CCCCOc1ccc(/C=N/NC(=O)COc2ccc(CC)cc2)cc1. The summed E-state index contributed by atoms with van der Waals surface area (Å²) in [5.74, 6) is 1.20. The van der Waals surface area contributed by atoms with Crippen molar-refractivity contribution in [3.63, 3.8) is 0 Å². The first kappa shape index (κ1) is 19.5. The van der Waals surface area contributed by atoms with Crippen molar-refractivity contribution in [2.45, 2.75) is 33.1 Å². The first-order valence-electron chi connectivity index (χ1n) is 8.97. The van der Waals surface area contributed by atoms with Crippen LogP contribution in [0.5, 0.6) is 11.5 Å². The second-order valence-electron chi connectivity index (χ2n) is 5.85. The predicted molar refractivity (Wildman–Crippen MR) is 104 cm³/mol. The Labute approximate surface area is 155 Å². The van der Waals surface area contributed by atoms with E-state index in [1.807, 2.05) is 48.5 Å². The van der Waals surface area contributed by atoms with Gasteiger partial charge < -0.3 is 9.47 Å².